The molecule has 1 heterocycles. The summed E-state index contributed by atoms with van der Waals surface area (Å²) >= 11 is 10.6. The summed E-state index contributed by atoms with van der Waals surface area (Å²) in [6.07, 6.45) is 2.12. The Hall–Kier alpha value is -0.850. The molecular formula is C13H12BrClN2O2S. The van der Waals surface area contributed by atoms with E-state index in [4.69, 9.17) is 11.6 Å². The lowest BCUT2D eigenvalue weighted by molar-refractivity contribution is -0.387. The fraction of sp³-hybridized carbons (Fsp3) is 0.308. The highest BCUT2D eigenvalue weighted by atomic mass is 79.9. The zero-order valence-electron chi connectivity index (χ0n) is 10.7. The summed E-state index contributed by atoms with van der Waals surface area (Å²) in [5.74, 6) is 0.536. The highest BCUT2D eigenvalue weighted by molar-refractivity contribution is 9.10. The lowest BCUT2D eigenvalue weighted by Gasteiger charge is -2.12. The molecule has 0 aliphatic rings. The largest absolute Gasteiger partial charge is 0.301 e. The zero-order valence-corrected chi connectivity index (χ0v) is 13.8. The van der Waals surface area contributed by atoms with Gasteiger partial charge in [-0.1, -0.05) is 22.9 Å². The van der Waals surface area contributed by atoms with Gasteiger partial charge in [0, 0.05) is 21.0 Å². The number of nitro groups is 1. The van der Waals surface area contributed by atoms with Gasteiger partial charge in [-0.05, 0) is 24.6 Å². The van der Waals surface area contributed by atoms with Gasteiger partial charge in [-0.15, -0.1) is 23.4 Å². The van der Waals surface area contributed by atoms with Gasteiger partial charge in [0.05, 0.1) is 15.3 Å². The Morgan fingerprint density at radius 1 is 1.55 bits per heavy atom. The zero-order chi connectivity index (χ0) is 14.7. The molecule has 0 N–H and O–H groups in total. The fourth-order valence-electron chi connectivity index (χ4n) is 1.80. The first kappa shape index (κ1) is 15.5. The Bertz CT molecular complexity index is 654. The molecule has 4 nitrogen and oxygen atoms in total. The summed E-state index contributed by atoms with van der Waals surface area (Å²) in [4.78, 5) is 15.6. The van der Waals surface area contributed by atoms with Crippen molar-refractivity contribution in [3.05, 3.63) is 39.0 Å². The van der Waals surface area contributed by atoms with Crippen LogP contribution in [0.5, 0.6) is 0 Å². The van der Waals surface area contributed by atoms with Gasteiger partial charge in [-0.2, -0.15) is 0 Å². The second kappa shape index (κ2) is 6.74. The molecule has 0 spiro atoms. The minimum absolute atomic E-state index is 0.0435. The SMILES string of the molecule is CC(CCCl)Sc1c([N+](=O)[O-])cnc2ccc(Br)cc12. The number of rotatable bonds is 5. The monoisotopic (exact) mass is 374 g/mol. The van der Waals surface area contributed by atoms with Gasteiger partial charge in [0.15, 0.2) is 0 Å². The maximum absolute atomic E-state index is 11.2. The van der Waals surface area contributed by atoms with E-state index in [0.717, 1.165) is 21.8 Å². The van der Waals surface area contributed by atoms with Crippen LogP contribution in [-0.2, 0) is 0 Å². The molecule has 0 amide bonds. The van der Waals surface area contributed by atoms with Gasteiger partial charge in [-0.25, -0.2) is 4.98 Å². The molecule has 1 unspecified atom stereocenters. The van der Waals surface area contributed by atoms with Crippen LogP contribution in [0.3, 0.4) is 0 Å². The van der Waals surface area contributed by atoms with Crippen molar-refractivity contribution >= 4 is 55.9 Å². The number of aromatic nitrogens is 1. The number of alkyl halides is 1. The van der Waals surface area contributed by atoms with Crippen molar-refractivity contribution in [1.82, 2.24) is 4.98 Å². The molecule has 106 valence electrons. The van der Waals surface area contributed by atoms with E-state index in [1.807, 2.05) is 25.1 Å². The number of hydrogen-bond donors (Lipinski definition) is 0. The average molecular weight is 376 g/mol. The first-order valence-electron chi connectivity index (χ1n) is 5.98. The van der Waals surface area contributed by atoms with E-state index >= 15 is 0 Å². The van der Waals surface area contributed by atoms with Crippen LogP contribution in [0.25, 0.3) is 10.9 Å². The van der Waals surface area contributed by atoms with Crippen molar-refractivity contribution in [3.8, 4) is 0 Å². The number of nitrogens with zero attached hydrogens (tertiary/aromatic N) is 2. The molecule has 0 saturated carbocycles. The van der Waals surface area contributed by atoms with Crippen LogP contribution in [0.4, 0.5) is 5.69 Å². The molecular weight excluding hydrogens is 364 g/mol. The molecule has 7 heteroatoms. The van der Waals surface area contributed by atoms with Crippen LogP contribution < -0.4 is 0 Å². The Morgan fingerprint density at radius 2 is 2.30 bits per heavy atom. The van der Waals surface area contributed by atoms with Crippen molar-refractivity contribution in [3.63, 3.8) is 0 Å². The molecule has 0 aliphatic heterocycles. The summed E-state index contributed by atoms with van der Waals surface area (Å²) in [6, 6.07) is 5.59. The maximum Gasteiger partial charge on any atom is 0.301 e. The van der Waals surface area contributed by atoms with Gasteiger partial charge < -0.3 is 0 Å². The standard InChI is InChI=1S/C13H12BrClN2O2S/c1-8(4-5-15)20-13-10-6-9(14)2-3-11(10)16-7-12(13)17(18)19/h2-3,6-8H,4-5H2,1H3. The highest BCUT2D eigenvalue weighted by Crippen LogP contribution is 2.39. The second-order valence-corrected chi connectivity index (χ2v) is 7.04. The number of halogens is 2. The van der Waals surface area contributed by atoms with Crippen LogP contribution in [0, 0.1) is 10.1 Å². The lowest BCUT2D eigenvalue weighted by atomic mass is 10.2. The van der Waals surface area contributed by atoms with E-state index in [1.54, 1.807) is 0 Å². The predicted molar refractivity (Wildman–Crippen MR) is 86.8 cm³/mol. The van der Waals surface area contributed by atoms with E-state index in [1.165, 1.54) is 18.0 Å². The van der Waals surface area contributed by atoms with Crippen molar-refractivity contribution in [2.75, 3.05) is 5.88 Å². The quantitative estimate of drug-likeness (QED) is 0.319. The summed E-state index contributed by atoms with van der Waals surface area (Å²) < 4.78 is 0.874. The van der Waals surface area contributed by atoms with Crippen molar-refractivity contribution in [2.45, 2.75) is 23.5 Å². The topological polar surface area (TPSA) is 56.0 Å². The molecule has 1 aromatic heterocycles. The van der Waals surface area contributed by atoms with Crippen LogP contribution in [0.1, 0.15) is 13.3 Å². The number of fused-ring (bicyclic) bond motifs is 1. The Balaban J connectivity index is 2.58. The maximum atomic E-state index is 11.2. The summed E-state index contributed by atoms with van der Waals surface area (Å²) in [5, 5.41) is 12.2. The molecule has 0 fully saturated rings. The van der Waals surface area contributed by atoms with Crippen LogP contribution in [-0.4, -0.2) is 21.0 Å². The molecule has 20 heavy (non-hydrogen) atoms. The minimum atomic E-state index is -0.386. The van der Waals surface area contributed by atoms with Gasteiger partial charge >= 0.3 is 5.69 Å². The summed E-state index contributed by atoms with van der Waals surface area (Å²) in [6.45, 7) is 2.01. The van der Waals surface area contributed by atoms with E-state index in [-0.39, 0.29) is 15.9 Å². The number of hydrogen-bond acceptors (Lipinski definition) is 4. The van der Waals surface area contributed by atoms with Crippen molar-refractivity contribution in [1.29, 1.82) is 0 Å². The molecule has 2 rings (SSSR count). The molecule has 1 atom stereocenters. The number of thioether (sulfide) groups is 1. The molecule has 0 bridgehead atoms. The van der Waals surface area contributed by atoms with Gasteiger partial charge in [0.2, 0.25) is 0 Å². The highest BCUT2D eigenvalue weighted by Gasteiger charge is 2.20. The fourth-order valence-corrected chi connectivity index (χ4v) is 3.79. The number of pyridine rings is 1. The van der Waals surface area contributed by atoms with E-state index in [0.29, 0.717) is 10.8 Å². The third-order valence-corrected chi connectivity index (χ3v) is 4.81. The van der Waals surface area contributed by atoms with E-state index in [9.17, 15) is 10.1 Å². The van der Waals surface area contributed by atoms with Gasteiger partial charge in [0.1, 0.15) is 6.20 Å². The molecule has 0 saturated heterocycles. The third-order valence-electron chi connectivity index (χ3n) is 2.79. The Morgan fingerprint density at radius 3 is 2.95 bits per heavy atom. The first-order chi connectivity index (χ1) is 9.52. The van der Waals surface area contributed by atoms with E-state index < -0.39 is 0 Å². The third kappa shape index (κ3) is 3.42. The minimum Gasteiger partial charge on any atom is -0.258 e. The van der Waals surface area contributed by atoms with Crippen molar-refractivity contribution in [2.24, 2.45) is 0 Å². The molecule has 0 aliphatic carbocycles. The predicted octanol–water partition coefficient (Wildman–Crippen LogP) is 5.02. The van der Waals surface area contributed by atoms with Gasteiger partial charge in [0.25, 0.3) is 0 Å². The van der Waals surface area contributed by atoms with E-state index in [2.05, 4.69) is 20.9 Å². The molecule has 0 radical (unpaired) electrons. The average Bonchev–Trinajstić information content (AvgIpc) is 2.39. The van der Waals surface area contributed by atoms with Crippen LogP contribution in [0.2, 0.25) is 0 Å². The smallest absolute Gasteiger partial charge is 0.258 e. The second-order valence-electron chi connectivity index (χ2n) is 4.30. The summed E-state index contributed by atoms with van der Waals surface area (Å²) in [5.41, 5.74) is 0.793. The summed E-state index contributed by atoms with van der Waals surface area (Å²) in [7, 11) is 0. The first-order valence-corrected chi connectivity index (χ1v) is 8.19. The lowest BCUT2D eigenvalue weighted by Crippen LogP contribution is -2.00. The van der Waals surface area contributed by atoms with Crippen LogP contribution >= 0.6 is 39.3 Å². The Labute approximate surface area is 134 Å². The Kier molecular flexibility index (Phi) is 5.23. The molecule has 1 aromatic carbocycles. The van der Waals surface area contributed by atoms with Crippen molar-refractivity contribution < 1.29 is 4.92 Å². The van der Waals surface area contributed by atoms with Gasteiger partial charge in [-0.3, -0.25) is 10.1 Å². The number of benzene rings is 1. The normalized spacial score (nSPS) is 12.6. The molecule has 2 aromatic rings. The van der Waals surface area contributed by atoms with Crippen LogP contribution in [0.15, 0.2) is 33.8 Å².